The number of benzene rings is 2. The first-order valence-electron chi connectivity index (χ1n) is 6.51. The van der Waals surface area contributed by atoms with Crippen LogP contribution in [0.2, 0.25) is 0 Å². The van der Waals surface area contributed by atoms with Crippen LogP contribution in [-0.2, 0) is 5.75 Å². The lowest BCUT2D eigenvalue weighted by atomic mass is 10.2. The van der Waals surface area contributed by atoms with E-state index >= 15 is 0 Å². The van der Waals surface area contributed by atoms with Crippen LogP contribution >= 0.6 is 23.5 Å². The van der Waals surface area contributed by atoms with E-state index < -0.39 is 5.76 Å². The summed E-state index contributed by atoms with van der Waals surface area (Å²) in [5.41, 5.74) is 1.01. The van der Waals surface area contributed by atoms with E-state index in [2.05, 4.69) is 0 Å². The third-order valence-corrected chi connectivity index (χ3v) is 4.80. The SMILES string of the molecule is COc1ccccc1SCc1ccc(SC(F)F)c(OC)c1. The molecule has 2 nitrogen and oxygen atoms in total. The molecular formula is C16H16F2O2S2. The van der Waals surface area contributed by atoms with Crippen molar-refractivity contribution in [2.45, 2.75) is 21.3 Å². The van der Waals surface area contributed by atoms with E-state index in [0.717, 1.165) is 16.2 Å². The predicted octanol–water partition coefficient (Wildman–Crippen LogP) is 5.31. The molecule has 0 amide bonds. The third kappa shape index (κ3) is 4.55. The van der Waals surface area contributed by atoms with Crippen molar-refractivity contribution in [2.24, 2.45) is 0 Å². The number of halogens is 2. The Morgan fingerprint density at radius 1 is 0.955 bits per heavy atom. The first-order valence-corrected chi connectivity index (χ1v) is 8.38. The second-order valence-corrected chi connectivity index (χ2v) is 6.35. The van der Waals surface area contributed by atoms with Crippen molar-refractivity contribution >= 4 is 23.5 Å². The number of para-hydroxylation sites is 1. The number of alkyl halides is 2. The van der Waals surface area contributed by atoms with Crippen LogP contribution in [0.1, 0.15) is 5.56 Å². The van der Waals surface area contributed by atoms with Gasteiger partial charge in [-0.2, -0.15) is 8.78 Å². The van der Waals surface area contributed by atoms with Gasteiger partial charge in [0.15, 0.2) is 0 Å². The first kappa shape index (κ1) is 17.0. The summed E-state index contributed by atoms with van der Waals surface area (Å²) in [5.74, 6) is -0.452. The molecule has 0 bridgehead atoms. The van der Waals surface area contributed by atoms with E-state index in [1.807, 2.05) is 30.3 Å². The number of methoxy groups -OCH3 is 2. The van der Waals surface area contributed by atoms with Crippen LogP contribution in [0.3, 0.4) is 0 Å². The molecule has 0 aliphatic rings. The average molecular weight is 342 g/mol. The van der Waals surface area contributed by atoms with Gasteiger partial charge in [-0.3, -0.25) is 0 Å². The Balaban J connectivity index is 2.10. The van der Waals surface area contributed by atoms with Crippen LogP contribution in [0.15, 0.2) is 52.3 Å². The molecule has 0 radical (unpaired) electrons. The Hall–Kier alpha value is -1.40. The lowest BCUT2D eigenvalue weighted by molar-refractivity contribution is 0.251. The largest absolute Gasteiger partial charge is 0.496 e. The molecule has 22 heavy (non-hydrogen) atoms. The number of rotatable bonds is 7. The van der Waals surface area contributed by atoms with Crippen molar-refractivity contribution in [3.63, 3.8) is 0 Å². The van der Waals surface area contributed by atoms with Gasteiger partial charge in [-0.05, 0) is 29.8 Å². The van der Waals surface area contributed by atoms with Gasteiger partial charge in [0, 0.05) is 10.6 Å². The molecule has 0 heterocycles. The summed E-state index contributed by atoms with van der Waals surface area (Å²) in [6.45, 7) is 0. The van der Waals surface area contributed by atoms with E-state index in [1.54, 1.807) is 31.0 Å². The molecule has 2 aromatic rings. The van der Waals surface area contributed by atoms with Crippen molar-refractivity contribution in [3.05, 3.63) is 48.0 Å². The van der Waals surface area contributed by atoms with Crippen LogP contribution < -0.4 is 9.47 Å². The minimum Gasteiger partial charge on any atom is -0.496 e. The Morgan fingerprint density at radius 2 is 1.68 bits per heavy atom. The van der Waals surface area contributed by atoms with E-state index in [4.69, 9.17) is 9.47 Å². The van der Waals surface area contributed by atoms with E-state index in [9.17, 15) is 8.78 Å². The van der Waals surface area contributed by atoms with Gasteiger partial charge in [0.2, 0.25) is 0 Å². The number of hydrogen-bond donors (Lipinski definition) is 0. The van der Waals surface area contributed by atoms with Crippen LogP contribution in [0.4, 0.5) is 8.78 Å². The molecule has 2 aromatic carbocycles. The molecule has 2 rings (SSSR count). The van der Waals surface area contributed by atoms with Gasteiger partial charge in [-0.15, -0.1) is 11.8 Å². The average Bonchev–Trinajstić information content (AvgIpc) is 2.53. The molecule has 0 fully saturated rings. The lowest BCUT2D eigenvalue weighted by Crippen LogP contribution is -1.92. The summed E-state index contributed by atoms with van der Waals surface area (Å²) in [6, 6.07) is 13.1. The zero-order valence-corrected chi connectivity index (χ0v) is 13.8. The van der Waals surface area contributed by atoms with Gasteiger partial charge in [0.05, 0.1) is 19.1 Å². The number of ether oxygens (including phenoxy) is 2. The molecule has 0 atom stereocenters. The van der Waals surface area contributed by atoms with E-state index in [0.29, 0.717) is 28.2 Å². The molecule has 0 aliphatic heterocycles. The monoisotopic (exact) mass is 342 g/mol. The van der Waals surface area contributed by atoms with E-state index in [-0.39, 0.29) is 0 Å². The summed E-state index contributed by atoms with van der Waals surface area (Å²) in [6.07, 6.45) is 0. The lowest BCUT2D eigenvalue weighted by Gasteiger charge is -2.11. The number of hydrogen-bond acceptors (Lipinski definition) is 4. The minimum atomic E-state index is -2.46. The van der Waals surface area contributed by atoms with Crippen molar-refractivity contribution in [1.29, 1.82) is 0 Å². The molecule has 0 N–H and O–H groups in total. The topological polar surface area (TPSA) is 18.5 Å². The quantitative estimate of drug-likeness (QED) is 0.634. The van der Waals surface area contributed by atoms with Gasteiger partial charge in [-0.25, -0.2) is 0 Å². The standard InChI is InChI=1S/C16H16F2O2S2/c1-19-12-5-3-4-6-14(12)21-10-11-7-8-15(22-16(17)18)13(9-11)20-2/h3-9,16H,10H2,1-2H3. The summed E-state index contributed by atoms with van der Waals surface area (Å²) in [7, 11) is 3.13. The first-order chi connectivity index (χ1) is 10.6. The van der Waals surface area contributed by atoms with Crippen LogP contribution in [0, 0.1) is 0 Å². The molecule has 6 heteroatoms. The fraction of sp³-hybridized carbons (Fsp3) is 0.250. The third-order valence-electron chi connectivity index (χ3n) is 2.91. The van der Waals surface area contributed by atoms with Gasteiger partial charge < -0.3 is 9.47 Å². The summed E-state index contributed by atoms with van der Waals surface area (Å²) >= 11 is 2.12. The highest BCUT2D eigenvalue weighted by Crippen LogP contribution is 2.36. The highest BCUT2D eigenvalue weighted by atomic mass is 32.2. The molecule has 0 unspecified atom stereocenters. The molecular weight excluding hydrogens is 326 g/mol. The van der Waals surface area contributed by atoms with Crippen molar-refractivity contribution in [2.75, 3.05) is 14.2 Å². The minimum absolute atomic E-state index is 0.448. The highest BCUT2D eigenvalue weighted by molar-refractivity contribution is 7.99. The second-order valence-electron chi connectivity index (χ2n) is 4.30. The molecule has 0 saturated carbocycles. The second kappa shape index (κ2) is 8.29. The maximum absolute atomic E-state index is 12.5. The zero-order chi connectivity index (χ0) is 15.9. The van der Waals surface area contributed by atoms with Crippen molar-refractivity contribution in [1.82, 2.24) is 0 Å². The van der Waals surface area contributed by atoms with Gasteiger partial charge in [0.1, 0.15) is 11.5 Å². The summed E-state index contributed by atoms with van der Waals surface area (Å²) in [5, 5.41) is 0. The number of thioether (sulfide) groups is 2. The molecule has 0 aromatic heterocycles. The smallest absolute Gasteiger partial charge is 0.289 e. The zero-order valence-electron chi connectivity index (χ0n) is 12.2. The van der Waals surface area contributed by atoms with Gasteiger partial charge in [0.25, 0.3) is 5.76 Å². The normalized spacial score (nSPS) is 10.8. The van der Waals surface area contributed by atoms with Crippen molar-refractivity contribution < 1.29 is 18.3 Å². The van der Waals surface area contributed by atoms with Crippen LogP contribution in [-0.4, -0.2) is 20.0 Å². The molecule has 0 spiro atoms. The Bertz CT molecular complexity index is 621. The van der Waals surface area contributed by atoms with Crippen molar-refractivity contribution in [3.8, 4) is 11.5 Å². The molecule has 0 aliphatic carbocycles. The molecule has 118 valence electrons. The van der Waals surface area contributed by atoms with Crippen LogP contribution in [0.5, 0.6) is 11.5 Å². The summed E-state index contributed by atoms with van der Waals surface area (Å²) in [4.78, 5) is 1.48. The fourth-order valence-electron chi connectivity index (χ4n) is 1.89. The highest BCUT2D eigenvalue weighted by Gasteiger charge is 2.12. The Labute approximate surface area is 137 Å². The predicted molar refractivity (Wildman–Crippen MR) is 87.4 cm³/mol. The maximum atomic E-state index is 12.5. The summed E-state index contributed by atoms with van der Waals surface area (Å²) < 4.78 is 35.5. The van der Waals surface area contributed by atoms with E-state index in [1.165, 1.54) is 7.11 Å². The molecule has 0 saturated heterocycles. The Kier molecular flexibility index (Phi) is 6.39. The van der Waals surface area contributed by atoms with Gasteiger partial charge >= 0.3 is 0 Å². The van der Waals surface area contributed by atoms with Gasteiger partial charge in [-0.1, -0.05) is 30.0 Å². The fourth-order valence-corrected chi connectivity index (χ4v) is 3.46. The van der Waals surface area contributed by atoms with Crippen LogP contribution in [0.25, 0.3) is 0 Å². The Morgan fingerprint density at radius 3 is 2.36 bits per heavy atom. The maximum Gasteiger partial charge on any atom is 0.289 e.